The number of alkyl halides is 3. The van der Waals surface area contributed by atoms with E-state index in [0.29, 0.717) is 30.0 Å². The molecule has 2 aliphatic heterocycles. The first-order chi connectivity index (χ1) is 13.9. The Bertz CT molecular complexity index is 945. The zero-order chi connectivity index (χ0) is 20.4. The van der Waals surface area contributed by atoms with Crippen LogP contribution in [0.2, 0.25) is 0 Å². The number of amides is 1. The van der Waals surface area contributed by atoms with E-state index in [1.807, 2.05) is 17.0 Å². The highest BCUT2D eigenvalue weighted by molar-refractivity contribution is 6.31. The van der Waals surface area contributed by atoms with Crippen LogP contribution in [0.25, 0.3) is 5.57 Å². The average molecular weight is 401 g/mol. The van der Waals surface area contributed by atoms with Gasteiger partial charge in [-0.15, -0.1) is 0 Å². The van der Waals surface area contributed by atoms with Gasteiger partial charge in [-0.3, -0.25) is 4.79 Å². The smallest absolute Gasteiger partial charge is 0.371 e. The number of hydrogen-bond acceptors (Lipinski definition) is 3. The summed E-state index contributed by atoms with van der Waals surface area (Å²) >= 11 is 0. The lowest BCUT2D eigenvalue weighted by atomic mass is 10.1. The summed E-state index contributed by atoms with van der Waals surface area (Å²) in [6.45, 7) is 1.27. The molecule has 0 spiro atoms. The van der Waals surface area contributed by atoms with E-state index in [0.717, 1.165) is 37.3 Å². The monoisotopic (exact) mass is 401 g/mol. The number of fused-ring (bicyclic) bond motifs is 1. The van der Waals surface area contributed by atoms with Crippen LogP contribution in [0, 0.1) is 0 Å². The summed E-state index contributed by atoms with van der Waals surface area (Å²) in [5.41, 5.74) is 1.67. The SMILES string of the molecule is O=C1Nc2ccccc2C1=CNc1ccc(N2CCCCCC2)c(C(F)(F)F)c1. The lowest BCUT2D eigenvalue weighted by molar-refractivity contribution is -0.137. The second kappa shape index (κ2) is 7.81. The number of rotatable bonds is 3. The van der Waals surface area contributed by atoms with Crippen LogP contribution >= 0.6 is 0 Å². The third-order valence-corrected chi connectivity index (χ3v) is 5.34. The fraction of sp³-hybridized carbons (Fsp3) is 0.318. The standard InChI is InChI=1S/C22H22F3N3O/c23-22(24,25)18-13-15(9-10-20(18)28-11-5-1-2-6-12-28)26-14-17-16-7-3-4-8-19(16)27-21(17)29/h3-4,7-10,13-14,26H,1-2,5-6,11-12H2,(H,27,29). The van der Waals surface area contributed by atoms with Gasteiger partial charge in [-0.1, -0.05) is 31.0 Å². The van der Waals surface area contributed by atoms with Gasteiger partial charge in [0, 0.05) is 41.9 Å². The Balaban J connectivity index is 1.63. The molecule has 2 N–H and O–H groups in total. The van der Waals surface area contributed by atoms with Crippen molar-refractivity contribution >= 4 is 28.5 Å². The maximum atomic E-state index is 13.8. The zero-order valence-corrected chi connectivity index (χ0v) is 15.9. The molecule has 0 radical (unpaired) electrons. The van der Waals surface area contributed by atoms with E-state index < -0.39 is 11.7 Å². The Labute approximate surface area is 167 Å². The van der Waals surface area contributed by atoms with Crippen molar-refractivity contribution in [2.75, 3.05) is 28.6 Å². The van der Waals surface area contributed by atoms with Gasteiger partial charge in [-0.25, -0.2) is 0 Å². The van der Waals surface area contributed by atoms with Gasteiger partial charge in [0.25, 0.3) is 5.91 Å². The number of para-hydroxylation sites is 1. The molecule has 1 fully saturated rings. The first-order valence-electron chi connectivity index (χ1n) is 9.77. The summed E-state index contributed by atoms with van der Waals surface area (Å²) in [7, 11) is 0. The predicted molar refractivity (Wildman–Crippen MR) is 109 cm³/mol. The molecule has 0 aromatic heterocycles. The molecule has 152 valence electrons. The minimum atomic E-state index is -4.45. The van der Waals surface area contributed by atoms with Crippen LogP contribution in [0.15, 0.2) is 48.7 Å². The molecule has 0 unspecified atom stereocenters. The molecule has 0 saturated carbocycles. The van der Waals surface area contributed by atoms with Gasteiger partial charge in [-0.05, 0) is 37.1 Å². The van der Waals surface area contributed by atoms with Crippen LogP contribution < -0.4 is 15.5 Å². The number of carbonyl (C=O) groups excluding carboxylic acids is 1. The average Bonchev–Trinajstić information content (AvgIpc) is 2.85. The molecular weight excluding hydrogens is 379 g/mol. The number of anilines is 3. The summed E-state index contributed by atoms with van der Waals surface area (Å²) in [6, 6.07) is 11.5. The summed E-state index contributed by atoms with van der Waals surface area (Å²) in [6.07, 6.45) is 0.908. The Morgan fingerprint density at radius 3 is 2.45 bits per heavy atom. The second-order valence-electron chi connectivity index (χ2n) is 7.33. The topological polar surface area (TPSA) is 44.4 Å². The third kappa shape index (κ3) is 4.09. The van der Waals surface area contributed by atoms with Crippen LogP contribution in [0.4, 0.5) is 30.2 Å². The third-order valence-electron chi connectivity index (χ3n) is 5.34. The van der Waals surface area contributed by atoms with E-state index in [1.165, 1.54) is 12.3 Å². The van der Waals surface area contributed by atoms with Crippen LogP contribution in [-0.4, -0.2) is 19.0 Å². The second-order valence-corrected chi connectivity index (χ2v) is 7.33. The normalized spacial score (nSPS) is 18.4. The zero-order valence-electron chi connectivity index (χ0n) is 15.9. The molecule has 4 nitrogen and oxygen atoms in total. The molecule has 2 aliphatic rings. The van der Waals surface area contributed by atoms with Crippen molar-refractivity contribution < 1.29 is 18.0 Å². The van der Waals surface area contributed by atoms with Gasteiger partial charge in [0.15, 0.2) is 0 Å². The number of nitrogens with zero attached hydrogens (tertiary/aromatic N) is 1. The molecule has 0 bridgehead atoms. The first-order valence-corrected chi connectivity index (χ1v) is 9.77. The van der Waals surface area contributed by atoms with Gasteiger partial charge in [0.05, 0.1) is 11.1 Å². The van der Waals surface area contributed by atoms with Crippen LogP contribution in [-0.2, 0) is 11.0 Å². The fourth-order valence-corrected chi connectivity index (χ4v) is 3.88. The molecule has 2 aromatic carbocycles. The Morgan fingerprint density at radius 2 is 1.72 bits per heavy atom. The number of nitrogens with one attached hydrogen (secondary N) is 2. The number of benzene rings is 2. The van der Waals surface area contributed by atoms with Gasteiger partial charge < -0.3 is 15.5 Å². The van der Waals surface area contributed by atoms with E-state index in [9.17, 15) is 18.0 Å². The Hall–Kier alpha value is -2.96. The maximum Gasteiger partial charge on any atom is 0.418 e. The number of carbonyl (C=O) groups is 1. The van der Waals surface area contributed by atoms with Crippen molar-refractivity contribution in [3.63, 3.8) is 0 Å². The van der Waals surface area contributed by atoms with Crippen molar-refractivity contribution in [2.45, 2.75) is 31.9 Å². The van der Waals surface area contributed by atoms with Crippen molar-refractivity contribution in [3.8, 4) is 0 Å². The molecule has 7 heteroatoms. The van der Waals surface area contributed by atoms with Gasteiger partial charge in [-0.2, -0.15) is 13.2 Å². The van der Waals surface area contributed by atoms with E-state index in [2.05, 4.69) is 10.6 Å². The predicted octanol–water partition coefficient (Wildman–Crippen LogP) is 5.49. The molecule has 2 heterocycles. The molecule has 1 saturated heterocycles. The van der Waals surface area contributed by atoms with Crippen LogP contribution in [0.1, 0.15) is 36.8 Å². The highest BCUT2D eigenvalue weighted by Crippen LogP contribution is 2.39. The number of halogens is 3. The highest BCUT2D eigenvalue weighted by Gasteiger charge is 2.35. The van der Waals surface area contributed by atoms with E-state index in [-0.39, 0.29) is 11.6 Å². The van der Waals surface area contributed by atoms with Gasteiger partial charge in [0.2, 0.25) is 0 Å². The quantitative estimate of drug-likeness (QED) is 0.669. The van der Waals surface area contributed by atoms with Gasteiger partial charge in [0.1, 0.15) is 0 Å². The largest absolute Gasteiger partial charge is 0.418 e. The molecule has 0 aliphatic carbocycles. The van der Waals surface area contributed by atoms with E-state index in [4.69, 9.17) is 0 Å². The molecular formula is C22H22F3N3O. The van der Waals surface area contributed by atoms with Crippen molar-refractivity contribution in [1.29, 1.82) is 0 Å². The van der Waals surface area contributed by atoms with Crippen molar-refractivity contribution in [1.82, 2.24) is 0 Å². The molecule has 2 aromatic rings. The van der Waals surface area contributed by atoms with E-state index >= 15 is 0 Å². The lowest BCUT2D eigenvalue weighted by Gasteiger charge is -2.26. The fourth-order valence-electron chi connectivity index (χ4n) is 3.88. The Morgan fingerprint density at radius 1 is 1.00 bits per heavy atom. The van der Waals surface area contributed by atoms with Gasteiger partial charge >= 0.3 is 6.18 Å². The van der Waals surface area contributed by atoms with Crippen molar-refractivity contribution in [3.05, 3.63) is 59.8 Å². The van der Waals surface area contributed by atoms with Crippen LogP contribution in [0.3, 0.4) is 0 Å². The van der Waals surface area contributed by atoms with Crippen molar-refractivity contribution in [2.24, 2.45) is 0 Å². The summed E-state index contributed by atoms with van der Waals surface area (Å²) < 4.78 is 41.3. The maximum absolute atomic E-state index is 13.8. The minimum Gasteiger partial charge on any atom is -0.371 e. The molecule has 29 heavy (non-hydrogen) atoms. The van der Waals surface area contributed by atoms with Crippen LogP contribution in [0.5, 0.6) is 0 Å². The number of hydrogen-bond donors (Lipinski definition) is 2. The highest BCUT2D eigenvalue weighted by atomic mass is 19.4. The summed E-state index contributed by atoms with van der Waals surface area (Å²) in [5, 5.41) is 5.62. The van der Waals surface area contributed by atoms with E-state index in [1.54, 1.807) is 18.2 Å². The summed E-state index contributed by atoms with van der Waals surface area (Å²) in [5.74, 6) is -0.282. The molecule has 0 atom stereocenters. The Kier molecular flexibility index (Phi) is 5.22. The molecule has 1 amide bonds. The first kappa shape index (κ1) is 19.4. The molecule has 4 rings (SSSR count). The lowest BCUT2D eigenvalue weighted by Crippen LogP contribution is -2.26. The summed E-state index contributed by atoms with van der Waals surface area (Å²) in [4.78, 5) is 14.0. The minimum absolute atomic E-state index is 0.224.